The Hall–Kier alpha value is -1.93. The van der Waals surface area contributed by atoms with Crippen LogP contribution in [0.1, 0.15) is 40.0 Å². The monoisotopic (exact) mass is 380 g/mol. The number of esters is 1. The standard InChI is InChI=1S/C17H24N4O2S2/c1-5-13-10-14(16(22)23-4)15(25-13)19-17(24)18-7-6-8-21-12(3)9-11(2)20-21/h9-10H,5-8H2,1-4H3,(H2,18,19,24). The highest BCUT2D eigenvalue weighted by molar-refractivity contribution is 7.80. The van der Waals surface area contributed by atoms with Gasteiger partial charge in [0.1, 0.15) is 5.00 Å². The molecule has 0 saturated heterocycles. The van der Waals surface area contributed by atoms with E-state index in [0.29, 0.717) is 10.7 Å². The van der Waals surface area contributed by atoms with Gasteiger partial charge < -0.3 is 15.4 Å². The first-order chi connectivity index (χ1) is 11.9. The van der Waals surface area contributed by atoms with Crippen LogP contribution in [0.25, 0.3) is 0 Å². The molecule has 0 aliphatic carbocycles. The molecule has 0 fully saturated rings. The van der Waals surface area contributed by atoms with E-state index in [1.807, 2.05) is 24.6 Å². The molecule has 0 radical (unpaired) electrons. The highest BCUT2D eigenvalue weighted by Gasteiger charge is 2.16. The molecule has 2 rings (SSSR count). The fourth-order valence-corrected chi connectivity index (χ4v) is 3.71. The molecule has 0 amide bonds. The SMILES string of the molecule is CCc1cc(C(=O)OC)c(NC(=S)NCCCn2nc(C)cc2C)s1. The summed E-state index contributed by atoms with van der Waals surface area (Å²) in [7, 11) is 1.38. The Balaban J connectivity index is 1.85. The van der Waals surface area contributed by atoms with Crippen molar-refractivity contribution in [3.05, 3.63) is 34.0 Å². The van der Waals surface area contributed by atoms with Crippen LogP contribution in [0.3, 0.4) is 0 Å². The van der Waals surface area contributed by atoms with Gasteiger partial charge in [0.2, 0.25) is 0 Å². The van der Waals surface area contributed by atoms with E-state index in [4.69, 9.17) is 17.0 Å². The molecule has 2 N–H and O–H groups in total. The van der Waals surface area contributed by atoms with E-state index < -0.39 is 0 Å². The fourth-order valence-electron chi connectivity index (χ4n) is 2.45. The van der Waals surface area contributed by atoms with Crippen molar-refractivity contribution in [3.63, 3.8) is 0 Å². The van der Waals surface area contributed by atoms with Gasteiger partial charge >= 0.3 is 5.97 Å². The molecule has 25 heavy (non-hydrogen) atoms. The minimum atomic E-state index is -0.356. The van der Waals surface area contributed by atoms with Crippen molar-refractivity contribution in [1.82, 2.24) is 15.1 Å². The molecule has 2 aromatic heterocycles. The van der Waals surface area contributed by atoms with Crippen LogP contribution in [-0.4, -0.2) is 34.5 Å². The van der Waals surface area contributed by atoms with Crippen molar-refractivity contribution >= 4 is 39.6 Å². The number of methoxy groups -OCH3 is 1. The highest BCUT2D eigenvalue weighted by Crippen LogP contribution is 2.29. The van der Waals surface area contributed by atoms with Crippen molar-refractivity contribution in [1.29, 1.82) is 0 Å². The lowest BCUT2D eigenvalue weighted by molar-refractivity contribution is 0.0602. The zero-order valence-electron chi connectivity index (χ0n) is 15.0. The van der Waals surface area contributed by atoms with E-state index in [1.165, 1.54) is 18.4 Å². The number of hydrogen-bond acceptors (Lipinski definition) is 5. The van der Waals surface area contributed by atoms with Gasteiger partial charge in [-0.2, -0.15) is 5.10 Å². The quantitative estimate of drug-likeness (QED) is 0.436. The lowest BCUT2D eigenvalue weighted by atomic mass is 10.2. The van der Waals surface area contributed by atoms with Gasteiger partial charge in [0.15, 0.2) is 5.11 Å². The number of ether oxygens (including phenoxy) is 1. The molecule has 0 atom stereocenters. The molecular weight excluding hydrogens is 356 g/mol. The second-order valence-corrected chi connectivity index (χ2v) is 7.23. The van der Waals surface area contributed by atoms with Gasteiger partial charge in [-0.1, -0.05) is 6.92 Å². The number of thiocarbonyl (C=S) groups is 1. The Morgan fingerprint density at radius 3 is 2.76 bits per heavy atom. The second kappa shape index (κ2) is 8.96. The van der Waals surface area contributed by atoms with Crippen molar-refractivity contribution in [2.24, 2.45) is 0 Å². The van der Waals surface area contributed by atoms with Gasteiger partial charge in [0.05, 0.1) is 18.4 Å². The van der Waals surface area contributed by atoms with Crippen LogP contribution in [0.4, 0.5) is 5.00 Å². The van der Waals surface area contributed by atoms with Gasteiger partial charge in [-0.3, -0.25) is 4.68 Å². The summed E-state index contributed by atoms with van der Waals surface area (Å²) in [6.45, 7) is 7.65. The maximum atomic E-state index is 11.9. The summed E-state index contributed by atoms with van der Waals surface area (Å²) in [5.74, 6) is -0.356. The average Bonchev–Trinajstić information content (AvgIpc) is 3.13. The molecule has 136 valence electrons. The third-order valence-corrected chi connectivity index (χ3v) is 5.14. The number of thiophene rings is 1. The van der Waals surface area contributed by atoms with E-state index in [1.54, 1.807) is 0 Å². The minimum Gasteiger partial charge on any atom is -0.465 e. The Morgan fingerprint density at radius 2 is 2.16 bits per heavy atom. The molecule has 0 bridgehead atoms. The van der Waals surface area contributed by atoms with Gasteiger partial charge in [-0.25, -0.2) is 4.79 Å². The molecule has 2 heterocycles. The van der Waals surface area contributed by atoms with E-state index in [-0.39, 0.29) is 5.97 Å². The Labute approximate surface area is 157 Å². The highest BCUT2D eigenvalue weighted by atomic mass is 32.1. The average molecular weight is 381 g/mol. The van der Waals surface area contributed by atoms with Crippen LogP contribution in [0.15, 0.2) is 12.1 Å². The minimum absolute atomic E-state index is 0.356. The number of hydrogen-bond donors (Lipinski definition) is 2. The van der Waals surface area contributed by atoms with Gasteiger partial charge in [-0.15, -0.1) is 11.3 Å². The Morgan fingerprint density at radius 1 is 1.40 bits per heavy atom. The number of nitrogens with zero attached hydrogens (tertiary/aromatic N) is 2. The predicted octanol–water partition coefficient (Wildman–Crippen LogP) is 3.29. The van der Waals surface area contributed by atoms with Crippen molar-refractivity contribution in [3.8, 4) is 0 Å². The molecule has 0 aliphatic rings. The lowest BCUT2D eigenvalue weighted by Gasteiger charge is -2.11. The second-order valence-electron chi connectivity index (χ2n) is 5.69. The van der Waals surface area contributed by atoms with Gasteiger partial charge in [0.25, 0.3) is 0 Å². The van der Waals surface area contributed by atoms with Crippen molar-refractivity contribution in [2.45, 2.75) is 40.2 Å². The fraction of sp³-hybridized carbons (Fsp3) is 0.471. The van der Waals surface area contributed by atoms with Crippen LogP contribution < -0.4 is 10.6 Å². The molecule has 0 aliphatic heterocycles. The van der Waals surface area contributed by atoms with Crippen LogP contribution in [-0.2, 0) is 17.7 Å². The summed E-state index contributed by atoms with van der Waals surface area (Å²) in [5, 5.41) is 11.9. The largest absolute Gasteiger partial charge is 0.465 e. The van der Waals surface area contributed by atoms with E-state index in [0.717, 1.165) is 47.2 Å². The van der Waals surface area contributed by atoms with Crippen LogP contribution in [0.5, 0.6) is 0 Å². The number of nitrogens with one attached hydrogen (secondary N) is 2. The van der Waals surface area contributed by atoms with Crippen LogP contribution >= 0.6 is 23.6 Å². The van der Waals surface area contributed by atoms with Gasteiger partial charge in [0, 0.05) is 23.7 Å². The van der Waals surface area contributed by atoms with Crippen molar-refractivity contribution in [2.75, 3.05) is 19.0 Å². The number of anilines is 1. The first-order valence-corrected chi connectivity index (χ1v) is 9.44. The summed E-state index contributed by atoms with van der Waals surface area (Å²) in [6, 6.07) is 3.92. The number of aromatic nitrogens is 2. The maximum Gasteiger partial charge on any atom is 0.340 e. The topological polar surface area (TPSA) is 68.2 Å². The maximum absolute atomic E-state index is 11.9. The first kappa shape index (κ1) is 19.4. The lowest BCUT2D eigenvalue weighted by Crippen LogP contribution is -2.30. The van der Waals surface area contributed by atoms with Crippen LogP contribution in [0, 0.1) is 13.8 Å². The Bertz CT molecular complexity index is 752. The molecule has 8 heteroatoms. The molecular formula is C17H24N4O2S2. The number of carbonyl (C=O) groups excluding carboxylic acids is 1. The molecule has 0 unspecified atom stereocenters. The summed E-state index contributed by atoms with van der Waals surface area (Å²) in [5.41, 5.74) is 2.71. The zero-order chi connectivity index (χ0) is 18.4. The van der Waals surface area contributed by atoms with E-state index in [9.17, 15) is 4.79 Å². The first-order valence-electron chi connectivity index (χ1n) is 8.21. The normalized spacial score (nSPS) is 10.6. The molecule has 2 aromatic rings. The third kappa shape index (κ3) is 5.27. The molecule has 0 saturated carbocycles. The van der Waals surface area contributed by atoms with E-state index in [2.05, 4.69) is 28.7 Å². The zero-order valence-corrected chi connectivity index (χ0v) is 16.6. The van der Waals surface area contributed by atoms with Crippen molar-refractivity contribution < 1.29 is 9.53 Å². The number of aryl methyl sites for hydroxylation is 4. The smallest absolute Gasteiger partial charge is 0.340 e. The van der Waals surface area contributed by atoms with Crippen LogP contribution in [0.2, 0.25) is 0 Å². The molecule has 0 aromatic carbocycles. The number of rotatable bonds is 7. The predicted molar refractivity (Wildman–Crippen MR) is 106 cm³/mol. The summed E-state index contributed by atoms with van der Waals surface area (Å²) in [4.78, 5) is 13.0. The summed E-state index contributed by atoms with van der Waals surface area (Å²) >= 11 is 6.85. The third-order valence-electron chi connectivity index (χ3n) is 3.70. The Kier molecular flexibility index (Phi) is 6.95. The summed E-state index contributed by atoms with van der Waals surface area (Å²) in [6.07, 6.45) is 1.76. The number of carbonyl (C=O) groups is 1. The van der Waals surface area contributed by atoms with E-state index >= 15 is 0 Å². The summed E-state index contributed by atoms with van der Waals surface area (Å²) < 4.78 is 6.83. The molecule has 0 spiro atoms. The molecule has 6 nitrogen and oxygen atoms in total. The van der Waals surface area contributed by atoms with Gasteiger partial charge in [-0.05, 0) is 51.0 Å².